The van der Waals surface area contributed by atoms with Crippen LogP contribution in [0.3, 0.4) is 0 Å². The number of β-amino-alcohol motifs (C(OH)–C–C–N with tert-alkyl or cyclic N) is 1. The van der Waals surface area contributed by atoms with Crippen molar-refractivity contribution in [2.24, 2.45) is 5.92 Å². The van der Waals surface area contributed by atoms with E-state index in [1.54, 1.807) is 0 Å². The van der Waals surface area contributed by atoms with Crippen LogP contribution < -0.4 is 5.32 Å². The number of nitrogens with one attached hydrogen (secondary N) is 1. The average molecular weight is 735 g/mol. The number of aliphatic hydroxyl groups excluding tert-OH is 1. The Morgan fingerprint density at radius 1 is 0.891 bits per heavy atom. The van der Waals surface area contributed by atoms with Gasteiger partial charge >= 0.3 is 5.97 Å². The van der Waals surface area contributed by atoms with Gasteiger partial charge in [-0.15, -0.1) is 0 Å². The maximum Gasteiger partial charge on any atom is 0.307 e. The summed E-state index contributed by atoms with van der Waals surface area (Å²) in [5.41, 5.74) is 10.8. The molecule has 2 saturated heterocycles. The Hall–Kier alpha value is -5.74. The van der Waals surface area contributed by atoms with E-state index in [1.165, 1.54) is 0 Å². The highest BCUT2D eigenvalue weighted by atomic mass is 16.4. The summed E-state index contributed by atoms with van der Waals surface area (Å²) in [4.78, 5) is 35.5. The lowest BCUT2D eigenvalue weighted by Crippen LogP contribution is -2.22. The maximum absolute atomic E-state index is 11.5. The Balaban J connectivity index is 1.02. The van der Waals surface area contributed by atoms with Crippen molar-refractivity contribution in [1.82, 2.24) is 29.7 Å². The minimum Gasteiger partial charge on any atom is -0.481 e. The standard InChI is InChI=1S/C43H42N8O4/c1-24-32(5-3-7-34(24)42-48-37-16-26(15-30(18-44)39(37)55-42)20-50-13-11-29(22-50)43(53)54)33-6-4-8-35(25(33)2)46-41-38-36(47-40(49-41)28-9-10-28)17-27(19-45-38)21-51-14-12-31(52)23-51/h3-8,15-17,19,28-29,31,52H,9-14,20-23H2,1-2H3,(H,53,54)(H,46,47,49)/t29-,31-/m1/s1. The van der Waals surface area contributed by atoms with E-state index in [2.05, 4.69) is 59.3 Å². The first-order chi connectivity index (χ1) is 26.7. The molecule has 3 aromatic carbocycles. The summed E-state index contributed by atoms with van der Waals surface area (Å²) in [6, 6.07) is 20.4. The van der Waals surface area contributed by atoms with Crippen molar-refractivity contribution in [2.75, 3.05) is 31.5 Å². The van der Waals surface area contributed by atoms with Crippen LogP contribution in [0.25, 0.3) is 44.7 Å². The molecule has 6 aromatic rings. The van der Waals surface area contributed by atoms with Crippen LogP contribution in [0.15, 0.2) is 65.2 Å². The van der Waals surface area contributed by atoms with Gasteiger partial charge in [-0.25, -0.2) is 15.0 Å². The van der Waals surface area contributed by atoms with Crippen LogP contribution in [0.1, 0.15) is 65.2 Å². The highest BCUT2D eigenvalue weighted by Crippen LogP contribution is 2.41. The third kappa shape index (κ3) is 6.91. The molecule has 0 bridgehead atoms. The minimum absolute atomic E-state index is 0.268. The molecule has 9 rings (SSSR count). The Labute approximate surface area is 318 Å². The van der Waals surface area contributed by atoms with Gasteiger partial charge < -0.3 is 19.9 Å². The van der Waals surface area contributed by atoms with Crippen LogP contribution >= 0.6 is 0 Å². The lowest BCUT2D eigenvalue weighted by molar-refractivity contribution is -0.141. The second kappa shape index (κ2) is 14.2. The highest BCUT2D eigenvalue weighted by molar-refractivity contribution is 5.90. The lowest BCUT2D eigenvalue weighted by atomic mass is 9.93. The first-order valence-corrected chi connectivity index (χ1v) is 19.0. The van der Waals surface area contributed by atoms with E-state index < -0.39 is 5.97 Å². The van der Waals surface area contributed by atoms with Crippen molar-refractivity contribution in [3.63, 3.8) is 0 Å². The molecule has 12 heteroatoms. The van der Waals surface area contributed by atoms with E-state index >= 15 is 0 Å². The van der Waals surface area contributed by atoms with E-state index in [-0.39, 0.29) is 12.0 Å². The van der Waals surface area contributed by atoms with Crippen molar-refractivity contribution in [2.45, 2.75) is 64.6 Å². The summed E-state index contributed by atoms with van der Waals surface area (Å²) in [6.45, 7) is 8.17. The summed E-state index contributed by atoms with van der Waals surface area (Å²) in [6.07, 6.45) is 5.21. The number of fused-ring (bicyclic) bond motifs is 2. The summed E-state index contributed by atoms with van der Waals surface area (Å²) in [7, 11) is 0. The Morgan fingerprint density at radius 3 is 2.36 bits per heavy atom. The molecule has 0 unspecified atom stereocenters. The topological polar surface area (TPSA) is 165 Å². The second-order valence-corrected chi connectivity index (χ2v) is 15.4. The molecular weight excluding hydrogens is 693 g/mol. The molecule has 3 fully saturated rings. The summed E-state index contributed by atoms with van der Waals surface area (Å²) in [5.74, 6) is 1.19. The number of carboxylic acids is 1. The summed E-state index contributed by atoms with van der Waals surface area (Å²) >= 11 is 0. The molecule has 278 valence electrons. The fourth-order valence-corrected chi connectivity index (χ4v) is 8.16. The Morgan fingerprint density at radius 2 is 1.62 bits per heavy atom. The number of nitrogens with zero attached hydrogens (tertiary/aromatic N) is 7. The van der Waals surface area contributed by atoms with Gasteiger partial charge in [-0.2, -0.15) is 5.26 Å². The van der Waals surface area contributed by atoms with Crippen molar-refractivity contribution < 1.29 is 19.4 Å². The van der Waals surface area contributed by atoms with Crippen molar-refractivity contribution in [3.8, 4) is 28.7 Å². The molecule has 2 aliphatic heterocycles. The predicted molar refractivity (Wildman–Crippen MR) is 209 cm³/mol. The number of carbonyl (C=O) groups is 1. The zero-order chi connectivity index (χ0) is 37.8. The van der Waals surface area contributed by atoms with Gasteiger partial charge in [0.2, 0.25) is 5.89 Å². The molecule has 3 aliphatic rings. The first-order valence-electron chi connectivity index (χ1n) is 19.0. The van der Waals surface area contributed by atoms with Gasteiger partial charge in [-0.05, 0) is 110 Å². The van der Waals surface area contributed by atoms with Crippen LogP contribution in [0.5, 0.6) is 0 Å². The summed E-state index contributed by atoms with van der Waals surface area (Å²) < 4.78 is 6.31. The molecule has 3 N–H and O–H groups in total. The summed E-state index contributed by atoms with van der Waals surface area (Å²) in [5, 5.41) is 33.1. The molecule has 0 spiro atoms. The molecule has 12 nitrogen and oxygen atoms in total. The molecule has 3 aromatic heterocycles. The van der Waals surface area contributed by atoms with Gasteiger partial charge in [0.15, 0.2) is 11.4 Å². The quantitative estimate of drug-likeness (QED) is 0.131. The van der Waals surface area contributed by atoms with E-state index in [9.17, 15) is 20.3 Å². The smallest absolute Gasteiger partial charge is 0.307 e. The van der Waals surface area contributed by atoms with Crippen LogP contribution in [-0.4, -0.2) is 78.2 Å². The Kier molecular flexibility index (Phi) is 9.01. The van der Waals surface area contributed by atoms with Crippen molar-refractivity contribution in [3.05, 3.63) is 94.4 Å². The SMILES string of the molecule is Cc1c(Nc2nc(C3CC3)nc3cc(CN4CC[C@@H](O)C4)cnc23)cccc1-c1cccc(-c2nc3cc(CN4CC[C@@H](C(=O)O)C4)cc(C#N)c3o2)c1C. The maximum atomic E-state index is 11.5. The van der Waals surface area contributed by atoms with Gasteiger partial charge in [0, 0.05) is 56.1 Å². The van der Waals surface area contributed by atoms with E-state index in [4.69, 9.17) is 24.4 Å². The number of aliphatic carboxylic acids is 1. The number of carboxylic acid groups (broad SMARTS) is 1. The predicted octanol–water partition coefficient (Wildman–Crippen LogP) is 7.08. The minimum atomic E-state index is -0.767. The van der Waals surface area contributed by atoms with Gasteiger partial charge in [0.05, 0.1) is 23.1 Å². The fraction of sp³-hybridized carbons (Fsp3) is 0.349. The normalized spacial score (nSPS) is 19.0. The first kappa shape index (κ1) is 35.0. The van der Waals surface area contributed by atoms with Gasteiger partial charge in [0.1, 0.15) is 22.9 Å². The van der Waals surface area contributed by atoms with E-state index in [0.29, 0.717) is 66.9 Å². The fourth-order valence-electron chi connectivity index (χ4n) is 8.16. The van der Waals surface area contributed by atoms with Crippen molar-refractivity contribution in [1.29, 1.82) is 5.26 Å². The highest BCUT2D eigenvalue weighted by Gasteiger charge is 2.30. The Bertz CT molecular complexity index is 2520. The number of hydrogen-bond donors (Lipinski definition) is 3. The van der Waals surface area contributed by atoms with E-state index in [0.717, 1.165) is 93.8 Å². The number of benzene rings is 3. The molecular formula is C43H42N8O4. The van der Waals surface area contributed by atoms with Crippen molar-refractivity contribution >= 4 is 39.6 Å². The number of aromatic nitrogens is 4. The molecule has 1 aliphatic carbocycles. The molecule has 55 heavy (non-hydrogen) atoms. The monoisotopic (exact) mass is 734 g/mol. The zero-order valence-corrected chi connectivity index (χ0v) is 30.9. The third-order valence-electron chi connectivity index (χ3n) is 11.3. The van der Waals surface area contributed by atoms with Gasteiger partial charge in [0.25, 0.3) is 0 Å². The number of rotatable bonds is 10. The number of hydrogen-bond acceptors (Lipinski definition) is 11. The lowest BCUT2D eigenvalue weighted by Gasteiger charge is -2.17. The number of likely N-dealkylation sites (tertiary alicyclic amines) is 2. The number of anilines is 2. The largest absolute Gasteiger partial charge is 0.481 e. The van der Waals surface area contributed by atoms with Crippen LogP contribution in [-0.2, 0) is 17.9 Å². The van der Waals surface area contributed by atoms with Crippen LogP contribution in [0, 0.1) is 31.1 Å². The third-order valence-corrected chi connectivity index (χ3v) is 11.3. The van der Waals surface area contributed by atoms with E-state index in [1.807, 2.05) is 36.5 Å². The molecule has 1 saturated carbocycles. The molecule has 2 atom stereocenters. The van der Waals surface area contributed by atoms with Crippen LogP contribution in [0.2, 0.25) is 0 Å². The van der Waals surface area contributed by atoms with Crippen LogP contribution in [0.4, 0.5) is 11.5 Å². The zero-order valence-electron chi connectivity index (χ0n) is 30.9. The van der Waals surface area contributed by atoms with Gasteiger partial charge in [-0.1, -0.05) is 24.3 Å². The molecule has 0 radical (unpaired) electrons. The second-order valence-electron chi connectivity index (χ2n) is 15.4. The number of oxazole rings is 1. The molecule has 5 heterocycles. The van der Waals surface area contributed by atoms with Gasteiger partial charge in [-0.3, -0.25) is 19.6 Å². The number of nitriles is 1. The number of aliphatic hydroxyl groups is 1. The number of pyridine rings is 1. The average Bonchev–Trinajstić information content (AvgIpc) is 3.54. The molecule has 0 amide bonds.